The highest BCUT2D eigenvalue weighted by Crippen LogP contribution is 2.20. The number of nitrogens with zero attached hydrogens (tertiary/aromatic N) is 2. The molecule has 7 nitrogen and oxygen atoms in total. The summed E-state index contributed by atoms with van der Waals surface area (Å²) in [5.41, 5.74) is 2.14. The normalized spacial score (nSPS) is 15.1. The summed E-state index contributed by atoms with van der Waals surface area (Å²) in [5.74, 6) is -0.898. The number of hydrogen-bond acceptors (Lipinski definition) is 5. The van der Waals surface area contributed by atoms with Crippen molar-refractivity contribution < 1.29 is 22.7 Å². The van der Waals surface area contributed by atoms with E-state index in [9.17, 15) is 18.0 Å². The van der Waals surface area contributed by atoms with Crippen LogP contribution in [-0.4, -0.2) is 62.3 Å². The molecule has 0 aliphatic carbocycles. The number of esters is 1. The average Bonchev–Trinajstić information content (AvgIpc) is 2.74. The number of benzene rings is 2. The molecule has 9 heteroatoms. The van der Waals surface area contributed by atoms with Gasteiger partial charge in [-0.05, 0) is 49.7 Å². The number of carbonyl (C=O) groups excluding carboxylic acids is 2. The van der Waals surface area contributed by atoms with Gasteiger partial charge in [0.25, 0.3) is 5.91 Å². The second kappa shape index (κ2) is 9.16. The number of rotatable bonds is 5. The molecule has 0 unspecified atom stereocenters. The van der Waals surface area contributed by atoms with Gasteiger partial charge in [-0.15, -0.1) is 0 Å². The number of carbonyl (C=O) groups is 2. The summed E-state index contributed by atoms with van der Waals surface area (Å²) in [6.45, 7) is 4.09. The van der Waals surface area contributed by atoms with Crippen LogP contribution in [0.4, 0.5) is 0 Å². The SMILES string of the molecule is Cc1ccc(C)c(C(=O)OCC(=O)N2CCN(S(=O)(=O)c3ccc(Cl)cc3)CC2)c1. The third-order valence-electron chi connectivity index (χ3n) is 4.98. The van der Waals surface area contributed by atoms with Crippen LogP contribution < -0.4 is 0 Å². The lowest BCUT2D eigenvalue weighted by molar-refractivity contribution is -0.135. The molecule has 0 saturated carbocycles. The fourth-order valence-electron chi connectivity index (χ4n) is 3.19. The Balaban J connectivity index is 1.54. The van der Waals surface area contributed by atoms with E-state index in [0.29, 0.717) is 10.6 Å². The maximum Gasteiger partial charge on any atom is 0.338 e. The van der Waals surface area contributed by atoms with E-state index < -0.39 is 16.0 Å². The van der Waals surface area contributed by atoms with Crippen molar-refractivity contribution in [1.29, 1.82) is 0 Å². The van der Waals surface area contributed by atoms with Crippen molar-refractivity contribution in [2.75, 3.05) is 32.8 Å². The number of aryl methyl sites for hydroxylation is 2. The Morgan fingerprint density at radius 2 is 1.63 bits per heavy atom. The van der Waals surface area contributed by atoms with Gasteiger partial charge in [-0.1, -0.05) is 29.3 Å². The van der Waals surface area contributed by atoms with E-state index in [1.165, 1.54) is 33.5 Å². The second-order valence-electron chi connectivity index (χ2n) is 7.13. The molecule has 2 aromatic rings. The molecule has 0 atom stereocenters. The van der Waals surface area contributed by atoms with Crippen LogP contribution in [0.15, 0.2) is 47.4 Å². The Morgan fingerprint density at radius 3 is 2.27 bits per heavy atom. The first-order chi connectivity index (χ1) is 14.2. The van der Waals surface area contributed by atoms with Crippen LogP contribution in [0.25, 0.3) is 0 Å². The summed E-state index contributed by atoms with van der Waals surface area (Å²) in [7, 11) is -3.65. The van der Waals surface area contributed by atoms with E-state index >= 15 is 0 Å². The number of amides is 1. The van der Waals surface area contributed by atoms with Crippen molar-refractivity contribution in [3.05, 3.63) is 64.2 Å². The van der Waals surface area contributed by atoms with E-state index in [4.69, 9.17) is 16.3 Å². The van der Waals surface area contributed by atoms with Crippen molar-refractivity contribution in [2.45, 2.75) is 18.7 Å². The summed E-state index contributed by atoms with van der Waals surface area (Å²) in [5, 5.41) is 0.458. The van der Waals surface area contributed by atoms with Crippen LogP contribution in [0.3, 0.4) is 0 Å². The molecule has 1 aliphatic heterocycles. The van der Waals surface area contributed by atoms with Gasteiger partial charge in [0.2, 0.25) is 10.0 Å². The molecule has 0 spiro atoms. The van der Waals surface area contributed by atoms with Crippen molar-refractivity contribution >= 4 is 33.5 Å². The highest BCUT2D eigenvalue weighted by Gasteiger charge is 2.30. The van der Waals surface area contributed by atoms with Gasteiger partial charge in [0.15, 0.2) is 6.61 Å². The first-order valence-electron chi connectivity index (χ1n) is 9.46. The highest BCUT2D eigenvalue weighted by atomic mass is 35.5. The van der Waals surface area contributed by atoms with Crippen LogP contribution in [0.5, 0.6) is 0 Å². The van der Waals surface area contributed by atoms with Crippen LogP contribution >= 0.6 is 11.6 Å². The Kier molecular flexibility index (Phi) is 6.80. The molecular weight excluding hydrogens is 428 g/mol. The number of sulfonamides is 1. The molecular formula is C21H23ClN2O5S. The Hall–Kier alpha value is -2.42. The summed E-state index contributed by atoms with van der Waals surface area (Å²) >= 11 is 5.82. The maximum atomic E-state index is 12.7. The van der Waals surface area contributed by atoms with Crippen LogP contribution in [0.1, 0.15) is 21.5 Å². The average molecular weight is 451 g/mol. The van der Waals surface area contributed by atoms with Crippen molar-refractivity contribution in [3.8, 4) is 0 Å². The fourth-order valence-corrected chi connectivity index (χ4v) is 4.73. The molecule has 1 heterocycles. The summed E-state index contributed by atoms with van der Waals surface area (Å²) in [6, 6.07) is 11.4. The second-order valence-corrected chi connectivity index (χ2v) is 9.51. The first kappa shape index (κ1) is 22.3. The monoisotopic (exact) mass is 450 g/mol. The summed E-state index contributed by atoms with van der Waals surface area (Å²) in [6.07, 6.45) is 0. The molecule has 1 saturated heterocycles. The molecule has 1 amide bonds. The predicted molar refractivity (Wildman–Crippen MR) is 113 cm³/mol. The zero-order valence-corrected chi connectivity index (χ0v) is 18.4. The van der Waals surface area contributed by atoms with Crippen molar-refractivity contribution in [2.24, 2.45) is 0 Å². The summed E-state index contributed by atoms with van der Waals surface area (Å²) in [4.78, 5) is 26.4. The third kappa shape index (κ3) is 5.00. The Morgan fingerprint density at radius 1 is 1.00 bits per heavy atom. The lowest BCUT2D eigenvalue weighted by Crippen LogP contribution is -2.51. The van der Waals surface area contributed by atoms with E-state index in [-0.39, 0.29) is 43.6 Å². The minimum atomic E-state index is -3.65. The molecule has 1 aliphatic rings. The van der Waals surface area contributed by atoms with Gasteiger partial charge in [-0.3, -0.25) is 4.79 Å². The van der Waals surface area contributed by atoms with Crippen molar-refractivity contribution in [1.82, 2.24) is 9.21 Å². The smallest absolute Gasteiger partial charge is 0.338 e. The van der Waals surface area contributed by atoms with E-state index in [1.54, 1.807) is 13.0 Å². The lowest BCUT2D eigenvalue weighted by Gasteiger charge is -2.33. The minimum Gasteiger partial charge on any atom is -0.452 e. The van der Waals surface area contributed by atoms with Gasteiger partial charge in [0.1, 0.15) is 0 Å². The lowest BCUT2D eigenvalue weighted by atomic mass is 10.1. The highest BCUT2D eigenvalue weighted by molar-refractivity contribution is 7.89. The van der Waals surface area contributed by atoms with E-state index in [0.717, 1.165) is 11.1 Å². The Bertz CT molecular complexity index is 1050. The number of ether oxygens (including phenoxy) is 1. The topological polar surface area (TPSA) is 84.0 Å². The van der Waals surface area contributed by atoms with Gasteiger partial charge in [0.05, 0.1) is 10.5 Å². The van der Waals surface area contributed by atoms with Gasteiger partial charge in [-0.25, -0.2) is 13.2 Å². The molecule has 0 N–H and O–H groups in total. The number of halogens is 1. The minimum absolute atomic E-state index is 0.161. The van der Waals surface area contributed by atoms with Crippen molar-refractivity contribution in [3.63, 3.8) is 0 Å². The van der Waals surface area contributed by atoms with Gasteiger partial charge >= 0.3 is 5.97 Å². The number of piperazine rings is 1. The summed E-state index contributed by atoms with van der Waals surface area (Å²) < 4.78 is 31.9. The van der Waals surface area contributed by atoms with E-state index in [1.807, 2.05) is 19.1 Å². The standard InChI is InChI=1S/C21H23ClN2O5S/c1-15-3-4-16(2)19(13-15)21(26)29-14-20(25)23-9-11-24(12-10-23)30(27,28)18-7-5-17(22)6-8-18/h3-8,13H,9-12,14H2,1-2H3. The quantitative estimate of drug-likeness (QED) is 0.654. The Labute approximate surface area is 181 Å². The first-order valence-corrected chi connectivity index (χ1v) is 11.3. The largest absolute Gasteiger partial charge is 0.452 e. The van der Waals surface area contributed by atoms with Crippen LogP contribution in [0.2, 0.25) is 5.02 Å². The zero-order valence-electron chi connectivity index (χ0n) is 16.8. The van der Waals surface area contributed by atoms with E-state index in [2.05, 4.69) is 0 Å². The molecule has 160 valence electrons. The molecule has 30 heavy (non-hydrogen) atoms. The molecule has 0 radical (unpaired) electrons. The molecule has 0 aromatic heterocycles. The van der Waals surface area contributed by atoms with Gasteiger partial charge < -0.3 is 9.64 Å². The predicted octanol–water partition coefficient (Wildman–Crippen LogP) is 2.65. The molecule has 3 rings (SSSR count). The van der Waals surface area contributed by atoms with Crippen LogP contribution in [0, 0.1) is 13.8 Å². The molecule has 2 aromatic carbocycles. The maximum absolute atomic E-state index is 12.7. The fraction of sp³-hybridized carbons (Fsp3) is 0.333. The zero-order chi connectivity index (χ0) is 21.9. The number of hydrogen-bond donors (Lipinski definition) is 0. The molecule has 1 fully saturated rings. The molecule has 0 bridgehead atoms. The van der Waals surface area contributed by atoms with Gasteiger partial charge in [-0.2, -0.15) is 4.31 Å². The van der Waals surface area contributed by atoms with Crippen LogP contribution in [-0.2, 0) is 19.6 Å². The third-order valence-corrected chi connectivity index (χ3v) is 7.15. The van der Waals surface area contributed by atoms with Gasteiger partial charge in [0, 0.05) is 31.2 Å².